The van der Waals surface area contributed by atoms with Gasteiger partial charge in [0.2, 0.25) is 0 Å². The van der Waals surface area contributed by atoms with Gasteiger partial charge in [-0.25, -0.2) is 0 Å². The van der Waals surface area contributed by atoms with Crippen LogP contribution in [0, 0.1) is 0 Å². The van der Waals surface area contributed by atoms with Crippen LogP contribution >= 0.6 is 15.9 Å². The quantitative estimate of drug-likeness (QED) is 0.357. The highest BCUT2D eigenvalue weighted by molar-refractivity contribution is 9.10. The minimum Gasteiger partial charge on any atom is -0.493 e. The topological polar surface area (TPSA) is 52.1 Å². The lowest BCUT2D eigenvalue weighted by Gasteiger charge is -2.10. The van der Waals surface area contributed by atoms with Gasteiger partial charge in [-0.1, -0.05) is 46.3 Å². The fourth-order valence-electron chi connectivity index (χ4n) is 2.70. The molecule has 0 aliphatic carbocycles. The predicted molar refractivity (Wildman–Crippen MR) is 119 cm³/mol. The lowest BCUT2D eigenvalue weighted by molar-refractivity contribution is 0.306. The minimum absolute atomic E-state index is 0.497. The average Bonchev–Trinajstić information content (AvgIpc) is 2.76. The number of nitrogens with one attached hydrogen (secondary N) is 1. The Morgan fingerprint density at radius 2 is 1.59 bits per heavy atom. The van der Waals surface area contributed by atoms with E-state index in [1.807, 2.05) is 66.7 Å². The minimum atomic E-state index is 0.497. The van der Waals surface area contributed by atoms with Crippen LogP contribution < -0.4 is 19.6 Å². The molecule has 3 aromatic carbocycles. The molecule has 0 saturated carbocycles. The van der Waals surface area contributed by atoms with Crippen molar-refractivity contribution in [3.8, 4) is 17.2 Å². The maximum absolute atomic E-state index is 5.97. The van der Waals surface area contributed by atoms with Crippen molar-refractivity contribution in [2.24, 2.45) is 5.10 Å². The molecule has 0 spiro atoms. The number of methoxy groups -OCH3 is 2. The summed E-state index contributed by atoms with van der Waals surface area (Å²) in [4.78, 5) is 0. The molecule has 0 atom stereocenters. The van der Waals surface area contributed by atoms with Gasteiger partial charge in [0.1, 0.15) is 12.4 Å². The van der Waals surface area contributed by atoms with E-state index in [0.717, 1.165) is 26.9 Å². The monoisotopic (exact) mass is 454 g/mol. The number of hydrazone groups is 1. The maximum atomic E-state index is 5.97. The first kappa shape index (κ1) is 20.7. The number of para-hydroxylation sites is 1. The molecule has 0 saturated heterocycles. The molecule has 0 aromatic heterocycles. The van der Waals surface area contributed by atoms with Crippen LogP contribution in [0.5, 0.6) is 17.2 Å². The molecular formula is C23H23BrN2O3. The van der Waals surface area contributed by atoms with Crippen molar-refractivity contribution in [2.45, 2.75) is 13.2 Å². The molecule has 0 bridgehead atoms. The highest BCUT2D eigenvalue weighted by atomic mass is 79.9. The van der Waals surface area contributed by atoms with Gasteiger partial charge in [0.05, 0.1) is 27.0 Å². The zero-order valence-corrected chi connectivity index (χ0v) is 18.0. The third kappa shape index (κ3) is 5.99. The van der Waals surface area contributed by atoms with E-state index in [-0.39, 0.29) is 0 Å². The van der Waals surface area contributed by atoms with Crippen LogP contribution in [0.15, 0.2) is 76.3 Å². The Hall–Kier alpha value is -2.99. The summed E-state index contributed by atoms with van der Waals surface area (Å²) in [6, 6.07) is 21.7. The fourth-order valence-corrected chi connectivity index (χ4v) is 2.97. The molecule has 0 fully saturated rings. The van der Waals surface area contributed by atoms with Crippen molar-refractivity contribution in [1.82, 2.24) is 5.43 Å². The lowest BCUT2D eigenvalue weighted by atomic mass is 10.2. The number of hydrogen-bond acceptors (Lipinski definition) is 5. The van der Waals surface area contributed by atoms with Gasteiger partial charge in [0, 0.05) is 10.0 Å². The predicted octanol–water partition coefficient (Wildman–Crippen LogP) is 5.17. The van der Waals surface area contributed by atoms with Gasteiger partial charge in [-0.3, -0.25) is 0 Å². The molecule has 0 aliphatic heterocycles. The van der Waals surface area contributed by atoms with E-state index in [4.69, 9.17) is 14.2 Å². The van der Waals surface area contributed by atoms with Gasteiger partial charge in [-0.2, -0.15) is 5.10 Å². The summed E-state index contributed by atoms with van der Waals surface area (Å²) in [5, 5.41) is 4.33. The van der Waals surface area contributed by atoms with Crippen LogP contribution in [0.4, 0.5) is 0 Å². The zero-order valence-electron chi connectivity index (χ0n) is 16.4. The largest absolute Gasteiger partial charge is 0.493 e. The molecule has 150 valence electrons. The summed E-state index contributed by atoms with van der Waals surface area (Å²) in [5.41, 5.74) is 6.11. The van der Waals surface area contributed by atoms with Crippen molar-refractivity contribution >= 4 is 22.1 Å². The van der Waals surface area contributed by atoms with Gasteiger partial charge < -0.3 is 19.6 Å². The molecule has 3 aromatic rings. The van der Waals surface area contributed by atoms with Gasteiger partial charge >= 0.3 is 0 Å². The fraction of sp³-hybridized carbons (Fsp3) is 0.174. The van der Waals surface area contributed by atoms with E-state index in [9.17, 15) is 0 Å². The molecule has 0 aliphatic rings. The van der Waals surface area contributed by atoms with E-state index in [2.05, 4.69) is 26.5 Å². The second-order valence-electron chi connectivity index (χ2n) is 6.24. The SMILES string of the molecule is COc1ccc(CN/N=C\c2ccccc2OCc2ccc(Br)cc2)cc1OC. The van der Waals surface area contributed by atoms with E-state index in [0.29, 0.717) is 24.7 Å². The van der Waals surface area contributed by atoms with Crippen LogP contribution in [-0.2, 0) is 13.2 Å². The Morgan fingerprint density at radius 1 is 0.862 bits per heavy atom. The summed E-state index contributed by atoms with van der Waals surface area (Å²) in [6.07, 6.45) is 1.76. The van der Waals surface area contributed by atoms with Crippen LogP contribution in [0.3, 0.4) is 0 Å². The van der Waals surface area contributed by atoms with Gasteiger partial charge in [0.25, 0.3) is 0 Å². The molecule has 0 heterocycles. The molecule has 29 heavy (non-hydrogen) atoms. The number of ether oxygens (including phenoxy) is 3. The number of rotatable bonds is 9. The summed E-state index contributed by atoms with van der Waals surface area (Å²) in [7, 11) is 3.24. The van der Waals surface area contributed by atoms with E-state index in [1.54, 1.807) is 20.4 Å². The molecule has 0 amide bonds. The number of nitrogens with zero attached hydrogens (tertiary/aromatic N) is 1. The second kappa shape index (κ2) is 10.5. The Morgan fingerprint density at radius 3 is 2.34 bits per heavy atom. The van der Waals surface area contributed by atoms with Gasteiger partial charge in [-0.05, 0) is 47.5 Å². The lowest BCUT2D eigenvalue weighted by Crippen LogP contribution is -2.06. The zero-order chi connectivity index (χ0) is 20.5. The van der Waals surface area contributed by atoms with E-state index >= 15 is 0 Å². The van der Waals surface area contributed by atoms with Crippen molar-refractivity contribution in [1.29, 1.82) is 0 Å². The van der Waals surface area contributed by atoms with Crippen molar-refractivity contribution in [3.05, 3.63) is 87.9 Å². The number of halogens is 1. The van der Waals surface area contributed by atoms with Crippen LogP contribution in [0.1, 0.15) is 16.7 Å². The highest BCUT2D eigenvalue weighted by Crippen LogP contribution is 2.27. The summed E-state index contributed by atoms with van der Waals surface area (Å²) < 4.78 is 17.6. The molecular weight excluding hydrogens is 432 g/mol. The Labute approximate surface area is 179 Å². The summed E-state index contributed by atoms with van der Waals surface area (Å²) >= 11 is 3.44. The number of benzene rings is 3. The van der Waals surface area contributed by atoms with Crippen LogP contribution in [0.25, 0.3) is 0 Å². The Balaban J connectivity index is 1.58. The Kier molecular flexibility index (Phi) is 7.53. The van der Waals surface area contributed by atoms with E-state index < -0.39 is 0 Å². The first-order valence-corrected chi connectivity index (χ1v) is 9.92. The van der Waals surface area contributed by atoms with Crippen molar-refractivity contribution in [2.75, 3.05) is 14.2 Å². The first-order valence-electron chi connectivity index (χ1n) is 9.12. The third-order valence-electron chi connectivity index (χ3n) is 4.25. The standard InChI is InChI=1S/C23H23BrN2O3/c1-27-22-12-9-18(13-23(22)28-2)14-25-26-15-19-5-3-4-6-21(19)29-16-17-7-10-20(24)11-8-17/h3-13,15,25H,14,16H2,1-2H3/b26-15-. The van der Waals surface area contributed by atoms with Crippen molar-refractivity contribution in [3.63, 3.8) is 0 Å². The van der Waals surface area contributed by atoms with Crippen LogP contribution in [0.2, 0.25) is 0 Å². The molecule has 1 N–H and O–H groups in total. The molecule has 0 unspecified atom stereocenters. The second-order valence-corrected chi connectivity index (χ2v) is 7.15. The van der Waals surface area contributed by atoms with Crippen LogP contribution in [-0.4, -0.2) is 20.4 Å². The van der Waals surface area contributed by atoms with Gasteiger partial charge in [0.15, 0.2) is 11.5 Å². The normalized spacial score (nSPS) is 10.7. The number of hydrogen-bond donors (Lipinski definition) is 1. The van der Waals surface area contributed by atoms with Gasteiger partial charge in [-0.15, -0.1) is 0 Å². The Bertz CT molecular complexity index is 959. The molecule has 3 rings (SSSR count). The molecule has 0 radical (unpaired) electrons. The smallest absolute Gasteiger partial charge is 0.161 e. The average molecular weight is 455 g/mol. The first-order chi connectivity index (χ1) is 14.2. The molecule has 6 heteroatoms. The van der Waals surface area contributed by atoms with E-state index in [1.165, 1.54) is 0 Å². The van der Waals surface area contributed by atoms with Crippen molar-refractivity contribution < 1.29 is 14.2 Å². The molecule has 5 nitrogen and oxygen atoms in total. The third-order valence-corrected chi connectivity index (χ3v) is 4.78. The summed E-state index contributed by atoms with van der Waals surface area (Å²) in [5.74, 6) is 2.19. The maximum Gasteiger partial charge on any atom is 0.161 e. The summed E-state index contributed by atoms with van der Waals surface area (Å²) in [6.45, 7) is 1.07. The highest BCUT2D eigenvalue weighted by Gasteiger charge is 2.04.